The lowest BCUT2D eigenvalue weighted by Crippen LogP contribution is -2.11. The number of nitrogens with zero attached hydrogens (tertiary/aromatic N) is 2. The summed E-state index contributed by atoms with van der Waals surface area (Å²) in [5.74, 6) is -0.203. The van der Waals surface area contributed by atoms with Gasteiger partial charge in [0.15, 0.2) is 5.13 Å². The predicted molar refractivity (Wildman–Crippen MR) is 84.2 cm³/mol. The molecule has 3 aromatic rings. The summed E-state index contributed by atoms with van der Waals surface area (Å²) in [7, 11) is 0. The van der Waals surface area contributed by atoms with Gasteiger partial charge in [0.25, 0.3) is 5.91 Å². The molecule has 104 valence electrons. The molecule has 0 aliphatic carbocycles. The van der Waals surface area contributed by atoms with Crippen molar-refractivity contribution in [1.82, 2.24) is 9.97 Å². The number of thiazole rings is 1. The number of carbonyl (C=O) groups excluding carboxylic acids is 1. The molecule has 2 aromatic heterocycles. The van der Waals surface area contributed by atoms with Crippen LogP contribution in [0.1, 0.15) is 10.4 Å². The molecule has 21 heavy (non-hydrogen) atoms. The van der Waals surface area contributed by atoms with Gasteiger partial charge in [-0.1, -0.05) is 12.1 Å². The van der Waals surface area contributed by atoms with Crippen molar-refractivity contribution in [2.45, 2.75) is 0 Å². The maximum Gasteiger partial charge on any atom is 0.257 e. The molecule has 0 fully saturated rings. The van der Waals surface area contributed by atoms with Gasteiger partial charge in [-0.25, -0.2) is 4.98 Å². The molecule has 0 saturated heterocycles. The molecule has 3 N–H and O–H groups in total. The highest BCUT2D eigenvalue weighted by molar-refractivity contribution is 7.14. The molecule has 0 unspecified atom stereocenters. The van der Waals surface area contributed by atoms with Crippen LogP contribution in [0, 0.1) is 0 Å². The number of benzene rings is 1. The normalized spacial score (nSPS) is 10.3. The van der Waals surface area contributed by atoms with E-state index >= 15 is 0 Å². The maximum absolute atomic E-state index is 12.0. The van der Waals surface area contributed by atoms with Crippen LogP contribution in [0.4, 0.5) is 10.8 Å². The third-order valence-electron chi connectivity index (χ3n) is 2.85. The molecule has 1 aromatic carbocycles. The van der Waals surface area contributed by atoms with Crippen molar-refractivity contribution in [3.05, 3.63) is 59.7 Å². The summed E-state index contributed by atoms with van der Waals surface area (Å²) >= 11 is 1.37. The summed E-state index contributed by atoms with van der Waals surface area (Å²) in [6, 6.07) is 10.8. The van der Waals surface area contributed by atoms with Crippen LogP contribution in [0.2, 0.25) is 0 Å². The standard InChI is InChI=1S/C15H12N4OS/c16-12-3-1-2-11(8-12)13-9-21-15(18-13)19-14(20)10-4-6-17-7-5-10/h1-9H,16H2,(H,18,19,20). The van der Waals surface area contributed by atoms with Gasteiger partial charge in [0.2, 0.25) is 0 Å². The number of nitrogens with one attached hydrogen (secondary N) is 1. The number of rotatable bonds is 3. The third-order valence-corrected chi connectivity index (χ3v) is 3.61. The van der Waals surface area contributed by atoms with Gasteiger partial charge < -0.3 is 5.73 Å². The fourth-order valence-corrected chi connectivity index (χ4v) is 2.55. The molecule has 0 spiro atoms. The van der Waals surface area contributed by atoms with E-state index in [9.17, 15) is 4.79 Å². The van der Waals surface area contributed by atoms with Crippen LogP contribution in [-0.2, 0) is 0 Å². The second kappa shape index (κ2) is 5.72. The molecule has 6 heteroatoms. The topological polar surface area (TPSA) is 80.9 Å². The number of nitrogens with two attached hydrogens (primary N) is 1. The first-order valence-corrected chi connectivity index (χ1v) is 7.13. The molecule has 0 aliphatic rings. The average molecular weight is 296 g/mol. The average Bonchev–Trinajstić information content (AvgIpc) is 2.97. The van der Waals surface area contributed by atoms with Gasteiger partial charge in [-0.15, -0.1) is 11.3 Å². The Morgan fingerprint density at radius 3 is 2.76 bits per heavy atom. The number of hydrogen-bond acceptors (Lipinski definition) is 5. The lowest BCUT2D eigenvalue weighted by atomic mass is 10.1. The zero-order chi connectivity index (χ0) is 14.7. The Bertz CT molecular complexity index is 770. The van der Waals surface area contributed by atoms with Gasteiger partial charge in [0, 0.05) is 34.6 Å². The predicted octanol–water partition coefficient (Wildman–Crippen LogP) is 3.04. The van der Waals surface area contributed by atoms with E-state index in [4.69, 9.17) is 5.73 Å². The van der Waals surface area contributed by atoms with E-state index < -0.39 is 0 Å². The SMILES string of the molecule is Nc1cccc(-c2csc(NC(=O)c3ccncc3)n2)c1. The summed E-state index contributed by atoms with van der Waals surface area (Å²) < 4.78 is 0. The number of nitrogen functional groups attached to an aromatic ring is 1. The molecule has 3 rings (SSSR count). The van der Waals surface area contributed by atoms with Crippen molar-refractivity contribution >= 4 is 28.1 Å². The van der Waals surface area contributed by atoms with Crippen molar-refractivity contribution in [3.63, 3.8) is 0 Å². The molecular weight excluding hydrogens is 284 g/mol. The zero-order valence-electron chi connectivity index (χ0n) is 11.0. The number of carbonyl (C=O) groups is 1. The number of amides is 1. The first-order valence-electron chi connectivity index (χ1n) is 6.25. The number of hydrogen-bond donors (Lipinski definition) is 2. The molecule has 0 bridgehead atoms. The van der Waals surface area contributed by atoms with Crippen LogP contribution < -0.4 is 11.1 Å². The lowest BCUT2D eigenvalue weighted by Gasteiger charge is -2.01. The molecule has 5 nitrogen and oxygen atoms in total. The highest BCUT2D eigenvalue weighted by Crippen LogP contribution is 2.26. The van der Waals surface area contributed by atoms with E-state index in [1.165, 1.54) is 11.3 Å². The van der Waals surface area contributed by atoms with Gasteiger partial charge in [0.05, 0.1) is 5.69 Å². The Morgan fingerprint density at radius 2 is 2.00 bits per heavy atom. The highest BCUT2D eigenvalue weighted by Gasteiger charge is 2.09. The van der Waals surface area contributed by atoms with Crippen LogP contribution >= 0.6 is 11.3 Å². The fraction of sp³-hybridized carbons (Fsp3) is 0. The molecular formula is C15H12N4OS. The molecule has 0 radical (unpaired) electrons. The summed E-state index contributed by atoms with van der Waals surface area (Å²) in [5.41, 5.74) is 8.71. The second-order valence-corrected chi connectivity index (χ2v) is 5.21. The molecule has 0 atom stereocenters. The third kappa shape index (κ3) is 3.06. The van der Waals surface area contributed by atoms with E-state index in [-0.39, 0.29) is 5.91 Å². The van der Waals surface area contributed by atoms with Crippen LogP contribution in [0.25, 0.3) is 11.3 Å². The second-order valence-electron chi connectivity index (χ2n) is 4.35. The van der Waals surface area contributed by atoms with Crippen molar-refractivity contribution in [2.75, 3.05) is 11.1 Å². The maximum atomic E-state index is 12.0. The molecule has 1 amide bonds. The molecule has 0 saturated carbocycles. The fourth-order valence-electron chi connectivity index (χ4n) is 1.83. The first-order chi connectivity index (χ1) is 10.2. The van der Waals surface area contributed by atoms with Crippen molar-refractivity contribution in [3.8, 4) is 11.3 Å². The van der Waals surface area contributed by atoms with Gasteiger partial charge in [-0.2, -0.15) is 0 Å². The summed E-state index contributed by atoms with van der Waals surface area (Å²) in [4.78, 5) is 20.3. The smallest absolute Gasteiger partial charge is 0.257 e. The molecule has 0 aliphatic heterocycles. The lowest BCUT2D eigenvalue weighted by molar-refractivity contribution is 0.102. The Kier molecular flexibility index (Phi) is 3.61. The van der Waals surface area contributed by atoms with Crippen molar-refractivity contribution < 1.29 is 4.79 Å². The van der Waals surface area contributed by atoms with E-state index in [1.807, 2.05) is 29.6 Å². The van der Waals surface area contributed by atoms with Crippen LogP contribution in [0.15, 0.2) is 54.2 Å². The zero-order valence-corrected chi connectivity index (χ0v) is 11.8. The summed E-state index contributed by atoms with van der Waals surface area (Å²) in [6.45, 7) is 0. The van der Waals surface area contributed by atoms with Crippen LogP contribution in [0.5, 0.6) is 0 Å². The van der Waals surface area contributed by atoms with Gasteiger partial charge in [-0.3, -0.25) is 15.1 Å². The van der Waals surface area contributed by atoms with Crippen molar-refractivity contribution in [2.24, 2.45) is 0 Å². The van der Waals surface area contributed by atoms with Gasteiger partial charge >= 0.3 is 0 Å². The Hall–Kier alpha value is -2.73. The number of aromatic nitrogens is 2. The van der Waals surface area contributed by atoms with E-state index in [2.05, 4.69) is 15.3 Å². The minimum atomic E-state index is -0.203. The largest absolute Gasteiger partial charge is 0.399 e. The quantitative estimate of drug-likeness (QED) is 0.728. The van der Waals surface area contributed by atoms with Gasteiger partial charge in [0.1, 0.15) is 0 Å². The first kappa shape index (κ1) is 13.3. The number of anilines is 2. The van der Waals surface area contributed by atoms with Gasteiger partial charge in [-0.05, 0) is 24.3 Å². The Labute approximate surface area is 125 Å². The van der Waals surface area contributed by atoms with Crippen LogP contribution in [-0.4, -0.2) is 15.9 Å². The summed E-state index contributed by atoms with van der Waals surface area (Å²) in [6.07, 6.45) is 3.16. The minimum absolute atomic E-state index is 0.203. The van der Waals surface area contributed by atoms with Crippen molar-refractivity contribution in [1.29, 1.82) is 0 Å². The Morgan fingerprint density at radius 1 is 1.19 bits per heavy atom. The highest BCUT2D eigenvalue weighted by atomic mass is 32.1. The summed E-state index contributed by atoms with van der Waals surface area (Å²) in [5, 5.41) is 5.21. The van der Waals surface area contributed by atoms with E-state index in [0.29, 0.717) is 16.4 Å². The van der Waals surface area contributed by atoms with Crippen LogP contribution in [0.3, 0.4) is 0 Å². The minimum Gasteiger partial charge on any atom is -0.399 e. The Balaban J connectivity index is 1.78. The number of pyridine rings is 1. The molecule has 2 heterocycles. The van der Waals surface area contributed by atoms with E-state index in [1.54, 1.807) is 24.5 Å². The van der Waals surface area contributed by atoms with E-state index in [0.717, 1.165) is 11.3 Å². The monoisotopic (exact) mass is 296 g/mol.